The Balaban J connectivity index is 2.19. The van der Waals surface area contributed by atoms with E-state index in [4.69, 9.17) is 16.3 Å². The highest BCUT2D eigenvalue weighted by molar-refractivity contribution is 6.32. The van der Waals surface area contributed by atoms with Gasteiger partial charge in [-0.05, 0) is 22.6 Å². The first-order valence-corrected chi connectivity index (χ1v) is 6.03. The van der Waals surface area contributed by atoms with Crippen LogP contribution in [0.25, 0.3) is 5.69 Å². The number of halogens is 2. The van der Waals surface area contributed by atoms with Crippen molar-refractivity contribution in [1.82, 2.24) is 25.5 Å². The molecule has 0 radical (unpaired) electrons. The standard InChI is InChI=1S/C11H13ClFN5O/c1-19-6-5-14-7-10-15-16-17-18(10)11-8(12)3-2-4-9(11)13/h2-4,14H,5-7H2,1H3. The summed E-state index contributed by atoms with van der Waals surface area (Å²) in [5.74, 6) is 0.000967. The molecule has 1 aromatic heterocycles. The van der Waals surface area contributed by atoms with Crippen LogP contribution in [0.3, 0.4) is 0 Å². The van der Waals surface area contributed by atoms with Crippen LogP contribution in [0.2, 0.25) is 5.02 Å². The molecule has 8 heteroatoms. The molecule has 0 atom stereocenters. The van der Waals surface area contributed by atoms with Gasteiger partial charge in [0.25, 0.3) is 0 Å². The number of ether oxygens (including phenoxy) is 1. The van der Waals surface area contributed by atoms with Gasteiger partial charge in [-0.1, -0.05) is 17.7 Å². The molecule has 1 N–H and O–H groups in total. The summed E-state index contributed by atoms with van der Waals surface area (Å²) in [5.41, 5.74) is 0.151. The Kier molecular flexibility index (Phi) is 4.78. The predicted molar refractivity (Wildman–Crippen MR) is 67.7 cm³/mol. The average molecular weight is 286 g/mol. The number of hydrogen-bond acceptors (Lipinski definition) is 5. The highest BCUT2D eigenvalue weighted by Gasteiger charge is 2.15. The third-order valence-electron chi connectivity index (χ3n) is 2.45. The number of methoxy groups -OCH3 is 1. The number of nitrogens with zero attached hydrogens (tertiary/aromatic N) is 4. The van der Waals surface area contributed by atoms with Crippen LogP contribution in [-0.2, 0) is 11.3 Å². The van der Waals surface area contributed by atoms with Gasteiger partial charge in [0.15, 0.2) is 11.6 Å². The first kappa shape index (κ1) is 13.9. The van der Waals surface area contributed by atoms with Crippen LogP contribution in [0.1, 0.15) is 5.82 Å². The lowest BCUT2D eigenvalue weighted by molar-refractivity contribution is 0.199. The van der Waals surface area contributed by atoms with Gasteiger partial charge in [0, 0.05) is 13.7 Å². The molecule has 0 aliphatic carbocycles. The Morgan fingerprint density at radius 1 is 1.47 bits per heavy atom. The third kappa shape index (κ3) is 3.25. The molecule has 0 aliphatic heterocycles. The van der Waals surface area contributed by atoms with Crippen molar-refractivity contribution in [3.05, 3.63) is 34.9 Å². The van der Waals surface area contributed by atoms with Crippen molar-refractivity contribution in [3.8, 4) is 5.69 Å². The Morgan fingerprint density at radius 3 is 3.05 bits per heavy atom. The van der Waals surface area contributed by atoms with E-state index in [1.54, 1.807) is 13.2 Å². The zero-order valence-corrected chi connectivity index (χ0v) is 11.1. The van der Waals surface area contributed by atoms with Crippen LogP contribution in [0, 0.1) is 5.82 Å². The van der Waals surface area contributed by atoms with Crippen LogP contribution in [0.15, 0.2) is 18.2 Å². The summed E-state index contributed by atoms with van der Waals surface area (Å²) >= 11 is 5.98. The molecule has 0 unspecified atom stereocenters. The molecular weight excluding hydrogens is 273 g/mol. The van der Waals surface area contributed by atoms with E-state index in [2.05, 4.69) is 20.8 Å². The summed E-state index contributed by atoms with van der Waals surface area (Å²) in [6, 6.07) is 4.43. The molecule has 1 aromatic carbocycles. The molecule has 0 spiro atoms. The molecule has 19 heavy (non-hydrogen) atoms. The number of tetrazole rings is 1. The maximum absolute atomic E-state index is 13.8. The van der Waals surface area contributed by atoms with Gasteiger partial charge < -0.3 is 10.1 Å². The first-order valence-electron chi connectivity index (χ1n) is 5.65. The van der Waals surface area contributed by atoms with Crippen LogP contribution in [0.4, 0.5) is 4.39 Å². The molecule has 0 bridgehead atoms. The maximum Gasteiger partial charge on any atom is 0.170 e. The van der Waals surface area contributed by atoms with Crippen LogP contribution >= 0.6 is 11.6 Å². The summed E-state index contributed by atoms with van der Waals surface area (Å²) in [6.07, 6.45) is 0. The molecular formula is C11H13ClFN5O. The molecule has 2 rings (SSSR count). The van der Waals surface area contributed by atoms with Crippen molar-refractivity contribution in [1.29, 1.82) is 0 Å². The molecule has 0 fully saturated rings. The molecule has 0 saturated carbocycles. The van der Waals surface area contributed by atoms with Gasteiger partial charge in [0.2, 0.25) is 0 Å². The van der Waals surface area contributed by atoms with E-state index in [0.717, 1.165) is 0 Å². The van der Waals surface area contributed by atoms with E-state index in [1.165, 1.54) is 16.8 Å². The van der Waals surface area contributed by atoms with E-state index in [-0.39, 0.29) is 10.7 Å². The van der Waals surface area contributed by atoms with Gasteiger partial charge in [-0.2, -0.15) is 4.68 Å². The van der Waals surface area contributed by atoms with Crippen molar-refractivity contribution >= 4 is 11.6 Å². The molecule has 2 aromatic rings. The van der Waals surface area contributed by atoms with Gasteiger partial charge in [0.05, 0.1) is 18.2 Å². The number of para-hydroxylation sites is 1. The van der Waals surface area contributed by atoms with Gasteiger partial charge >= 0.3 is 0 Å². The van der Waals surface area contributed by atoms with E-state index < -0.39 is 5.82 Å². The highest BCUT2D eigenvalue weighted by atomic mass is 35.5. The largest absolute Gasteiger partial charge is 0.383 e. The topological polar surface area (TPSA) is 64.9 Å². The summed E-state index contributed by atoms with van der Waals surface area (Å²) in [4.78, 5) is 0. The van der Waals surface area contributed by atoms with Crippen LogP contribution in [-0.4, -0.2) is 40.5 Å². The van der Waals surface area contributed by atoms with Gasteiger partial charge in [0.1, 0.15) is 5.69 Å². The monoisotopic (exact) mass is 285 g/mol. The zero-order valence-electron chi connectivity index (χ0n) is 10.3. The van der Waals surface area contributed by atoms with Crippen molar-refractivity contribution in [2.75, 3.05) is 20.3 Å². The summed E-state index contributed by atoms with van der Waals surface area (Å²) in [7, 11) is 1.62. The van der Waals surface area contributed by atoms with Crippen molar-refractivity contribution in [2.24, 2.45) is 0 Å². The fourth-order valence-electron chi connectivity index (χ4n) is 1.56. The quantitative estimate of drug-likeness (QED) is 0.808. The van der Waals surface area contributed by atoms with Gasteiger partial charge in [-0.3, -0.25) is 0 Å². The minimum Gasteiger partial charge on any atom is -0.383 e. The van der Waals surface area contributed by atoms with Crippen molar-refractivity contribution < 1.29 is 9.13 Å². The molecule has 0 saturated heterocycles. The minimum absolute atomic E-state index is 0.151. The summed E-state index contributed by atoms with van der Waals surface area (Å²) in [6.45, 7) is 1.61. The van der Waals surface area contributed by atoms with E-state index in [9.17, 15) is 4.39 Å². The Bertz CT molecular complexity index is 527. The number of hydrogen-bond donors (Lipinski definition) is 1. The molecule has 0 aliphatic rings. The number of rotatable bonds is 6. The molecule has 0 amide bonds. The smallest absolute Gasteiger partial charge is 0.170 e. The van der Waals surface area contributed by atoms with Crippen molar-refractivity contribution in [2.45, 2.75) is 6.54 Å². The minimum atomic E-state index is -0.474. The SMILES string of the molecule is COCCNCc1nnnn1-c1c(F)cccc1Cl. The van der Waals surface area contributed by atoms with Crippen LogP contribution in [0.5, 0.6) is 0 Å². The number of benzene rings is 1. The lowest BCUT2D eigenvalue weighted by Crippen LogP contribution is -2.21. The lowest BCUT2D eigenvalue weighted by Gasteiger charge is -2.08. The highest BCUT2D eigenvalue weighted by Crippen LogP contribution is 2.23. The van der Waals surface area contributed by atoms with Crippen LogP contribution < -0.4 is 5.32 Å². The fraction of sp³-hybridized carbons (Fsp3) is 0.364. The molecule has 102 valence electrons. The fourth-order valence-corrected chi connectivity index (χ4v) is 1.80. The second kappa shape index (κ2) is 6.55. The average Bonchev–Trinajstić information content (AvgIpc) is 2.83. The Labute approximate surface area is 114 Å². The number of aromatic nitrogens is 4. The molecule has 1 heterocycles. The zero-order chi connectivity index (χ0) is 13.7. The Morgan fingerprint density at radius 2 is 2.32 bits per heavy atom. The predicted octanol–water partition coefficient (Wildman–Crippen LogP) is 1.19. The first-order chi connectivity index (χ1) is 9.24. The van der Waals surface area contributed by atoms with E-state index >= 15 is 0 Å². The summed E-state index contributed by atoms with van der Waals surface area (Å²) < 4.78 is 20.0. The Hall–Kier alpha value is -1.57. The van der Waals surface area contributed by atoms with Gasteiger partial charge in [-0.25, -0.2) is 4.39 Å². The summed E-state index contributed by atoms with van der Waals surface area (Å²) in [5, 5.41) is 14.5. The van der Waals surface area contributed by atoms with Gasteiger partial charge in [-0.15, -0.1) is 5.10 Å². The second-order valence-electron chi connectivity index (χ2n) is 3.75. The molecule has 6 nitrogen and oxygen atoms in total. The van der Waals surface area contributed by atoms with E-state index in [0.29, 0.717) is 25.5 Å². The lowest BCUT2D eigenvalue weighted by atomic mass is 10.3. The third-order valence-corrected chi connectivity index (χ3v) is 2.75. The van der Waals surface area contributed by atoms with E-state index in [1.807, 2.05) is 0 Å². The van der Waals surface area contributed by atoms with Crippen molar-refractivity contribution in [3.63, 3.8) is 0 Å². The normalized spacial score (nSPS) is 10.9. The maximum atomic E-state index is 13.8. The second-order valence-corrected chi connectivity index (χ2v) is 4.15. The number of nitrogens with one attached hydrogen (secondary N) is 1.